The van der Waals surface area contributed by atoms with Crippen molar-refractivity contribution in [3.63, 3.8) is 0 Å². The van der Waals surface area contributed by atoms with E-state index in [-0.39, 0.29) is 0 Å². The summed E-state index contributed by atoms with van der Waals surface area (Å²) >= 11 is 0. The second-order valence-electron chi connectivity index (χ2n) is 7.84. The molecule has 0 bridgehead atoms. The van der Waals surface area contributed by atoms with Gasteiger partial charge in [0.2, 0.25) is 0 Å². The molecule has 1 aromatic carbocycles. The van der Waals surface area contributed by atoms with Gasteiger partial charge in [-0.1, -0.05) is 23.4 Å². The molecule has 0 N–H and O–H groups in total. The minimum absolute atomic E-state index is 0.592. The molecule has 4 rings (SSSR count). The first-order valence-corrected chi connectivity index (χ1v) is 10.8. The van der Waals surface area contributed by atoms with Crippen LogP contribution in [0.15, 0.2) is 67.1 Å². The molecule has 0 saturated carbocycles. The van der Waals surface area contributed by atoms with Crippen molar-refractivity contribution in [3.05, 3.63) is 95.3 Å². The molecule has 4 aromatic rings. The third-order valence-corrected chi connectivity index (χ3v) is 5.26. The summed E-state index contributed by atoms with van der Waals surface area (Å²) in [4.78, 5) is 11.2. The molecular weight excluding hydrogens is 416 g/mol. The van der Waals surface area contributed by atoms with Crippen LogP contribution in [0, 0.1) is 6.92 Å². The van der Waals surface area contributed by atoms with Crippen LogP contribution >= 0.6 is 0 Å². The van der Waals surface area contributed by atoms with Gasteiger partial charge in [-0.05, 0) is 48.4 Å². The van der Waals surface area contributed by atoms with Crippen LogP contribution in [0.5, 0.6) is 11.5 Å². The summed E-state index contributed by atoms with van der Waals surface area (Å²) in [6.07, 6.45) is 5.61. The molecule has 33 heavy (non-hydrogen) atoms. The first-order chi connectivity index (χ1) is 16.1. The van der Waals surface area contributed by atoms with E-state index < -0.39 is 0 Å². The van der Waals surface area contributed by atoms with Gasteiger partial charge in [0.05, 0.1) is 44.0 Å². The number of hydrogen-bond acceptors (Lipinski definition) is 7. The molecule has 0 unspecified atom stereocenters. The summed E-state index contributed by atoms with van der Waals surface area (Å²) in [5, 5.41) is 8.75. The number of aryl methyl sites for hydroxylation is 1. The summed E-state index contributed by atoms with van der Waals surface area (Å²) in [6.45, 7) is 4.62. The van der Waals surface area contributed by atoms with Crippen molar-refractivity contribution in [3.8, 4) is 11.5 Å². The largest absolute Gasteiger partial charge is 0.493 e. The standard InChI is InChI=1S/C25H28N6O2/c1-19-12-20(13-24(32-2)25(19)33-3)14-31-18-23(28-29-31)17-30(15-21-8-4-6-10-26-21)16-22-9-5-7-11-27-22/h4-13,18H,14-17H2,1-3H3. The van der Waals surface area contributed by atoms with Crippen LogP contribution in [0.1, 0.15) is 28.2 Å². The lowest BCUT2D eigenvalue weighted by Gasteiger charge is -2.20. The Morgan fingerprint density at radius 1 is 0.848 bits per heavy atom. The van der Waals surface area contributed by atoms with E-state index in [1.54, 1.807) is 14.2 Å². The summed E-state index contributed by atoms with van der Waals surface area (Å²) in [6, 6.07) is 16.0. The molecule has 0 aliphatic carbocycles. The fourth-order valence-corrected chi connectivity index (χ4v) is 3.83. The van der Waals surface area contributed by atoms with Crippen LogP contribution in [0.4, 0.5) is 0 Å². The van der Waals surface area contributed by atoms with Crippen LogP contribution in [0.25, 0.3) is 0 Å². The molecule has 8 nitrogen and oxygen atoms in total. The maximum absolute atomic E-state index is 5.48. The van der Waals surface area contributed by atoms with Crippen molar-refractivity contribution >= 4 is 0 Å². The smallest absolute Gasteiger partial charge is 0.163 e. The highest BCUT2D eigenvalue weighted by Gasteiger charge is 2.14. The SMILES string of the molecule is COc1cc(Cn2cc(CN(Cc3ccccn3)Cc3ccccn3)nn2)cc(C)c1OC. The number of aromatic nitrogens is 5. The van der Waals surface area contributed by atoms with Gasteiger partial charge in [-0.15, -0.1) is 5.10 Å². The lowest BCUT2D eigenvalue weighted by Crippen LogP contribution is -2.23. The highest BCUT2D eigenvalue weighted by atomic mass is 16.5. The highest BCUT2D eigenvalue weighted by molar-refractivity contribution is 5.48. The van der Waals surface area contributed by atoms with Crippen LogP contribution in [-0.4, -0.2) is 44.1 Å². The molecule has 0 spiro atoms. The highest BCUT2D eigenvalue weighted by Crippen LogP contribution is 2.32. The second-order valence-corrected chi connectivity index (χ2v) is 7.84. The average Bonchev–Trinajstić information content (AvgIpc) is 3.26. The van der Waals surface area contributed by atoms with Crippen molar-refractivity contribution in [1.82, 2.24) is 29.9 Å². The van der Waals surface area contributed by atoms with Crippen LogP contribution in [-0.2, 0) is 26.2 Å². The third-order valence-electron chi connectivity index (χ3n) is 5.26. The fraction of sp³-hybridized carbons (Fsp3) is 0.280. The van der Waals surface area contributed by atoms with E-state index in [9.17, 15) is 0 Å². The van der Waals surface area contributed by atoms with Gasteiger partial charge in [0, 0.05) is 32.0 Å². The zero-order valence-corrected chi connectivity index (χ0v) is 19.2. The molecule has 8 heteroatoms. The van der Waals surface area contributed by atoms with Crippen molar-refractivity contribution in [2.75, 3.05) is 14.2 Å². The van der Waals surface area contributed by atoms with Gasteiger partial charge in [-0.25, -0.2) is 4.68 Å². The Kier molecular flexibility index (Phi) is 7.26. The lowest BCUT2D eigenvalue weighted by atomic mass is 10.1. The third kappa shape index (κ3) is 5.93. The molecule has 170 valence electrons. The molecule has 3 aromatic heterocycles. The van der Waals surface area contributed by atoms with Gasteiger partial charge >= 0.3 is 0 Å². The van der Waals surface area contributed by atoms with Gasteiger partial charge in [0.25, 0.3) is 0 Å². The molecule has 0 amide bonds. The number of rotatable bonds is 10. The van der Waals surface area contributed by atoms with Gasteiger partial charge in [-0.3, -0.25) is 14.9 Å². The Morgan fingerprint density at radius 3 is 2.09 bits per heavy atom. The van der Waals surface area contributed by atoms with Gasteiger partial charge in [0.1, 0.15) is 0 Å². The zero-order valence-electron chi connectivity index (χ0n) is 19.2. The summed E-state index contributed by atoms with van der Waals surface area (Å²) < 4.78 is 12.8. The molecule has 0 aliphatic heterocycles. The van der Waals surface area contributed by atoms with E-state index in [0.29, 0.717) is 31.9 Å². The Hall–Kier alpha value is -3.78. The van der Waals surface area contributed by atoms with E-state index in [0.717, 1.165) is 34.0 Å². The number of pyridine rings is 2. The van der Waals surface area contributed by atoms with E-state index in [1.165, 1.54) is 0 Å². The zero-order chi connectivity index (χ0) is 23.0. The van der Waals surface area contributed by atoms with Crippen LogP contribution in [0.2, 0.25) is 0 Å². The molecule has 3 heterocycles. The van der Waals surface area contributed by atoms with Crippen molar-refractivity contribution < 1.29 is 9.47 Å². The van der Waals surface area contributed by atoms with Crippen molar-refractivity contribution in [2.24, 2.45) is 0 Å². The first-order valence-electron chi connectivity index (χ1n) is 10.8. The Bertz CT molecular complexity index is 1120. The van der Waals surface area contributed by atoms with Gasteiger partial charge in [-0.2, -0.15) is 0 Å². The molecule has 0 radical (unpaired) electrons. The van der Waals surface area contributed by atoms with Crippen molar-refractivity contribution in [1.29, 1.82) is 0 Å². The summed E-state index contributed by atoms with van der Waals surface area (Å²) in [7, 11) is 3.29. The summed E-state index contributed by atoms with van der Waals surface area (Å²) in [5.74, 6) is 1.46. The van der Waals surface area contributed by atoms with Crippen LogP contribution < -0.4 is 9.47 Å². The molecular formula is C25H28N6O2. The van der Waals surface area contributed by atoms with Crippen LogP contribution in [0.3, 0.4) is 0 Å². The Morgan fingerprint density at radius 2 is 1.52 bits per heavy atom. The first kappa shape index (κ1) is 22.4. The number of ether oxygens (including phenoxy) is 2. The molecule has 0 fully saturated rings. The van der Waals surface area contributed by atoms with E-state index in [4.69, 9.17) is 9.47 Å². The topological polar surface area (TPSA) is 78.2 Å². The minimum atomic E-state index is 0.592. The fourth-order valence-electron chi connectivity index (χ4n) is 3.83. The number of hydrogen-bond donors (Lipinski definition) is 0. The molecule has 0 aliphatic rings. The Labute approximate surface area is 193 Å². The minimum Gasteiger partial charge on any atom is -0.493 e. The quantitative estimate of drug-likeness (QED) is 0.369. The maximum atomic E-state index is 5.48. The van der Waals surface area contributed by atoms with Gasteiger partial charge in [0.15, 0.2) is 11.5 Å². The average molecular weight is 445 g/mol. The predicted molar refractivity (Wildman–Crippen MR) is 125 cm³/mol. The van der Waals surface area contributed by atoms with Gasteiger partial charge < -0.3 is 9.47 Å². The normalized spacial score (nSPS) is 11.0. The molecule has 0 atom stereocenters. The second kappa shape index (κ2) is 10.7. The number of nitrogens with zero attached hydrogens (tertiary/aromatic N) is 6. The van der Waals surface area contributed by atoms with Crippen molar-refractivity contribution in [2.45, 2.75) is 33.1 Å². The van der Waals surface area contributed by atoms with E-state index in [1.807, 2.05) is 72.7 Å². The molecule has 0 saturated heterocycles. The van der Waals surface area contributed by atoms with E-state index >= 15 is 0 Å². The number of methoxy groups -OCH3 is 2. The summed E-state index contributed by atoms with van der Waals surface area (Å²) in [5.41, 5.74) is 4.98. The monoisotopic (exact) mass is 444 g/mol. The lowest BCUT2D eigenvalue weighted by molar-refractivity contribution is 0.238. The maximum Gasteiger partial charge on any atom is 0.163 e. The van der Waals surface area contributed by atoms with E-state index in [2.05, 4.69) is 31.2 Å². The Balaban J connectivity index is 1.49. The number of benzene rings is 1. The predicted octanol–water partition coefficient (Wildman–Crippen LogP) is 3.64.